The summed E-state index contributed by atoms with van der Waals surface area (Å²) in [4.78, 5) is 7.10. The molecule has 5 aromatic rings. The molecule has 0 radical (unpaired) electrons. The Morgan fingerprint density at radius 3 is 1.36 bits per heavy atom. The average molecular weight is 286 g/mol. The fraction of sp³-hybridized carbons (Fsp3) is 0.100. The van der Waals surface area contributed by atoms with Crippen LogP contribution >= 0.6 is 0 Å². The monoisotopic (exact) mass is 286 g/mol. The lowest BCUT2D eigenvalue weighted by Gasteiger charge is -1.94. The fourth-order valence-corrected chi connectivity index (χ4v) is 3.23. The number of fused-ring (bicyclic) bond motifs is 7. The highest BCUT2D eigenvalue weighted by molar-refractivity contribution is 6.21. The standard InChI is InChI=1S/C18H12N2.C2H6/c1-3-7-15-11(5-1)13-9-10-14-12-6-2-4-8-16(12)20-18(14)17(13)19-15;1-2/h1-10,19-20H;1-2H3. The van der Waals surface area contributed by atoms with Gasteiger partial charge in [0.1, 0.15) is 0 Å². The number of hydrogen-bond acceptors (Lipinski definition) is 0. The highest BCUT2D eigenvalue weighted by atomic mass is 14.8. The quantitative estimate of drug-likeness (QED) is 0.351. The van der Waals surface area contributed by atoms with Crippen LogP contribution in [0.15, 0.2) is 60.7 Å². The van der Waals surface area contributed by atoms with Crippen LogP contribution in [-0.4, -0.2) is 9.97 Å². The van der Waals surface area contributed by atoms with Crippen LogP contribution in [0, 0.1) is 0 Å². The largest absolute Gasteiger partial charge is 0.353 e. The molecule has 5 rings (SSSR count). The van der Waals surface area contributed by atoms with E-state index in [0.29, 0.717) is 0 Å². The van der Waals surface area contributed by atoms with E-state index in [1.54, 1.807) is 0 Å². The molecule has 0 saturated carbocycles. The summed E-state index contributed by atoms with van der Waals surface area (Å²) in [6, 6.07) is 21.3. The highest BCUT2D eigenvalue weighted by Crippen LogP contribution is 2.34. The smallest absolute Gasteiger partial charge is 0.0710 e. The number of hydrogen-bond donors (Lipinski definition) is 2. The minimum absolute atomic E-state index is 1.19. The van der Waals surface area contributed by atoms with Crippen molar-refractivity contribution in [1.29, 1.82) is 0 Å². The first-order valence-electron chi connectivity index (χ1n) is 7.82. The van der Waals surface area contributed by atoms with Crippen molar-refractivity contribution in [3.63, 3.8) is 0 Å². The van der Waals surface area contributed by atoms with E-state index in [2.05, 4.69) is 70.6 Å². The van der Waals surface area contributed by atoms with Crippen LogP contribution < -0.4 is 0 Å². The van der Waals surface area contributed by atoms with Crippen molar-refractivity contribution < 1.29 is 0 Å². The maximum atomic E-state index is 3.55. The molecule has 3 aromatic carbocycles. The molecule has 2 heteroatoms. The second kappa shape index (κ2) is 4.92. The molecular formula is C20H18N2. The van der Waals surface area contributed by atoms with Crippen LogP contribution in [-0.2, 0) is 0 Å². The summed E-state index contributed by atoms with van der Waals surface area (Å²) in [5.41, 5.74) is 4.77. The lowest BCUT2D eigenvalue weighted by Crippen LogP contribution is -1.72. The zero-order valence-corrected chi connectivity index (χ0v) is 12.8. The maximum absolute atomic E-state index is 3.55. The second-order valence-corrected chi connectivity index (χ2v) is 5.25. The number of rotatable bonds is 0. The van der Waals surface area contributed by atoms with Gasteiger partial charge in [0.2, 0.25) is 0 Å². The van der Waals surface area contributed by atoms with E-state index >= 15 is 0 Å². The van der Waals surface area contributed by atoms with Crippen molar-refractivity contribution >= 4 is 43.6 Å². The third-order valence-corrected chi connectivity index (χ3v) is 4.16. The van der Waals surface area contributed by atoms with Crippen LogP contribution in [0.5, 0.6) is 0 Å². The van der Waals surface area contributed by atoms with E-state index in [4.69, 9.17) is 0 Å². The molecule has 2 nitrogen and oxygen atoms in total. The van der Waals surface area contributed by atoms with Gasteiger partial charge in [0.05, 0.1) is 11.0 Å². The van der Waals surface area contributed by atoms with Crippen LogP contribution in [0.4, 0.5) is 0 Å². The van der Waals surface area contributed by atoms with E-state index in [1.165, 1.54) is 43.6 Å². The van der Waals surface area contributed by atoms with Crippen molar-refractivity contribution in [2.75, 3.05) is 0 Å². The molecule has 0 saturated heterocycles. The predicted octanol–water partition coefficient (Wildman–Crippen LogP) is 5.98. The number of aromatic nitrogens is 2. The molecule has 0 aliphatic rings. The highest BCUT2D eigenvalue weighted by Gasteiger charge is 2.10. The molecule has 0 aliphatic heterocycles. The Balaban J connectivity index is 0.000000602. The summed E-state index contributed by atoms with van der Waals surface area (Å²) in [5, 5.41) is 5.12. The van der Waals surface area contributed by atoms with E-state index in [1.807, 2.05) is 13.8 Å². The number of para-hydroxylation sites is 2. The van der Waals surface area contributed by atoms with Gasteiger partial charge < -0.3 is 9.97 Å². The average Bonchev–Trinajstić information content (AvgIpc) is 3.15. The lowest BCUT2D eigenvalue weighted by molar-refractivity contribution is 1.50. The molecule has 0 fully saturated rings. The van der Waals surface area contributed by atoms with Gasteiger partial charge in [-0.05, 0) is 12.1 Å². The van der Waals surface area contributed by atoms with Gasteiger partial charge in [-0.3, -0.25) is 0 Å². The number of benzene rings is 3. The molecule has 22 heavy (non-hydrogen) atoms. The van der Waals surface area contributed by atoms with Crippen molar-refractivity contribution in [3.8, 4) is 0 Å². The SMILES string of the molecule is CC.c1ccc2c(c1)[nH]c1c2ccc2c3ccccc3[nH]c21. The van der Waals surface area contributed by atoms with E-state index in [0.717, 1.165) is 0 Å². The topological polar surface area (TPSA) is 31.6 Å². The first kappa shape index (κ1) is 13.0. The molecule has 2 heterocycles. The van der Waals surface area contributed by atoms with Crippen LogP contribution in [0.2, 0.25) is 0 Å². The summed E-state index contributed by atoms with van der Waals surface area (Å²) in [6.45, 7) is 4.00. The molecule has 2 aromatic heterocycles. The van der Waals surface area contributed by atoms with E-state index in [-0.39, 0.29) is 0 Å². The maximum Gasteiger partial charge on any atom is 0.0710 e. The second-order valence-electron chi connectivity index (χ2n) is 5.25. The summed E-state index contributed by atoms with van der Waals surface area (Å²) < 4.78 is 0. The predicted molar refractivity (Wildman–Crippen MR) is 96.5 cm³/mol. The zero-order valence-electron chi connectivity index (χ0n) is 12.8. The molecule has 0 bridgehead atoms. The normalized spacial score (nSPS) is 11.2. The Morgan fingerprint density at radius 2 is 0.909 bits per heavy atom. The van der Waals surface area contributed by atoms with Gasteiger partial charge >= 0.3 is 0 Å². The van der Waals surface area contributed by atoms with Gasteiger partial charge in [0.15, 0.2) is 0 Å². The number of aromatic amines is 2. The summed E-state index contributed by atoms with van der Waals surface area (Å²) in [7, 11) is 0. The minimum Gasteiger partial charge on any atom is -0.353 e. The van der Waals surface area contributed by atoms with Crippen LogP contribution in [0.3, 0.4) is 0 Å². The first-order valence-corrected chi connectivity index (χ1v) is 7.82. The molecule has 108 valence electrons. The molecule has 0 atom stereocenters. The van der Waals surface area contributed by atoms with Gasteiger partial charge in [0, 0.05) is 32.6 Å². The minimum atomic E-state index is 1.19. The molecule has 0 amide bonds. The Morgan fingerprint density at radius 1 is 0.500 bits per heavy atom. The van der Waals surface area contributed by atoms with Gasteiger partial charge in [-0.15, -0.1) is 0 Å². The molecular weight excluding hydrogens is 268 g/mol. The Hall–Kier alpha value is -2.74. The summed E-state index contributed by atoms with van der Waals surface area (Å²) in [6.07, 6.45) is 0. The Bertz CT molecular complexity index is 1010. The van der Waals surface area contributed by atoms with Gasteiger partial charge in [0.25, 0.3) is 0 Å². The van der Waals surface area contributed by atoms with Crippen molar-refractivity contribution in [3.05, 3.63) is 60.7 Å². The first-order chi connectivity index (χ1) is 10.9. The van der Waals surface area contributed by atoms with Crippen LogP contribution in [0.25, 0.3) is 43.6 Å². The van der Waals surface area contributed by atoms with Gasteiger partial charge in [-0.25, -0.2) is 0 Å². The lowest BCUT2D eigenvalue weighted by atomic mass is 10.1. The molecule has 0 aliphatic carbocycles. The third kappa shape index (κ3) is 1.67. The van der Waals surface area contributed by atoms with E-state index in [9.17, 15) is 0 Å². The number of nitrogens with one attached hydrogen (secondary N) is 2. The zero-order chi connectivity index (χ0) is 15.1. The van der Waals surface area contributed by atoms with Gasteiger partial charge in [-0.2, -0.15) is 0 Å². The third-order valence-electron chi connectivity index (χ3n) is 4.16. The Labute approximate surface area is 128 Å². The molecule has 2 N–H and O–H groups in total. The van der Waals surface area contributed by atoms with Crippen LogP contribution in [0.1, 0.15) is 13.8 Å². The van der Waals surface area contributed by atoms with Crippen molar-refractivity contribution in [2.45, 2.75) is 13.8 Å². The van der Waals surface area contributed by atoms with Crippen molar-refractivity contribution in [2.24, 2.45) is 0 Å². The molecule has 0 unspecified atom stereocenters. The van der Waals surface area contributed by atoms with Gasteiger partial charge in [-0.1, -0.05) is 62.4 Å². The number of H-pyrrole nitrogens is 2. The fourth-order valence-electron chi connectivity index (χ4n) is 3.23. The summed E-state index contributed by atoms with van der Waals surface area (Å²) >= 11 is 0. The van der Waals surface area contributed by atoms with Crippen molar-refractivity contribution in [1.82, 2.24) is 9.97 Å². The molecule has 0 spiro atoms. The Kier molecular flexibility index (Phi) is 2.90. The summed E-state index contributed by atoms with van der Waals surface area (Å²) in [5.74, 6) is 0. The van der Waals surface area contributed by atoms with E-state index < -0.39 is 0 Å².